The molecule has 0 spiro atoms. The van der Waals surface area contributed by atoms with Gasteiger partial charge in [0.2, 0.25) is 5.91 Å². The molecule has 0 heterocycles. The van der Waals surface area contributed by atoms with Crippen LogP contribution in [-0.4, -0.2) is 34.4 Å². The summed E-state index contributed by atoms with van der Waals surface area (Å²) < 4.78 is 12.8. The SMILES string of the molecule is CCN(C)C(=O)CS(=O)c1ccc(Br)cc1N. The summed E-state index contributed by atoms with van der Waals surface area (Å²) in [5.41, 5.74) is 6.19. The highest BCUT2D eigenvalue weighted by atomic mass is 79.9. The summed E-state index contributed by atoms with van der Waals surface area (Å²) in [6.07, 6.45) is 0. The van der Waals surface area contributed by atoms with E-state index in [-0.39, 0.29) is 11.7 Å². The molecule has 0 saturated carbocycles. The lowest BCUT2D eigenvalue weighted by molar-refractivity contribution is -0.126. The molecule has 1 aromatic carbocycles. The van der Waals surface area contributed by atoms with E-state index in [9.17, 15) is 9.00 Å². The van der Waals surface area contributed by atoms with Gasteiger partial charge in [-0.1, -0.05) is 15.9 Å². The molecule has 0 fully saturated rings. The van der Waals surface area contributed by atoms with E-state index in [2.05, 4.69) is 15.9 Å². The second-order valence-electron chi connectivity index (χ2n) is 3.58. The number of carbonyl (C=O) groups excluding carboxylic acids is 1. The smallest absolute Gasteiger partial charge is 0.235 e. The van der Waals surface area contributed by atoms with Crippen molar-refractivity contribution in [2.45, 2.75) is 11.8 Å². The van der Waals surface area contributed by atoms with Crippen LogP contribution in [0.2, 0.25) is 0 Å². The van der Waals surface area contributed by atoms with Crippen molar-refractivity contribution in [1.82, 2.24) is 4.90 Å². The number of anilines is 1. The minimum Gasteiger partial charge on any atom is -0.398 e. The highest BCUT2D eigenvalue weighted by Gasteiger charge is 2.15. The fraction of sp³-hybridized carbons (Fsp3) is 0.364. The molecule has 0 aliphatic heterocycles. The van der Waals surface area contributed by atoms with E-state index >= 15 is 0 Å². The normalized spacial score (nSPS) is 12.2. The minimum atomic E-state index is -1.39. The van der Waals surface area contributed by atoms with Crippen LogP contribution in [0, 0.1) is 0 Å². The van der Waals surface area contributed by atoms with Crippen molar-refractivity contribution in [3.8, 4) is 0 Å². The Labute approximate surface area is 112 Å². The maximum absolute atomic E-state index is 12.0. The summed E-state index contributed by atoms with van der Waals surface area (Å²) in [6, 6.07) is 5.12. The largest absolute Gasteiger partial charge is 0.398 e. The van der Waals surface area contributed by atoms with Crippen LogP contribution < -0.4 is 5.73 Å². The first-order chi connectivity index (χ1) is 7.95. The number of hydrogen-bond acceptors (Lipinski definition) is 3. The first kappa shape index (κ1) is 14.2. The van der Waals surface area contributed by atoms with Gasteiger partial charge in [0, 0.05) is 23.8 Å². The van der Waals surface area contributed by atoms with Crippen molar-refractivity contribution in [1.29, 1.82) is 0 Å². The molecular formula is C11H15BrN2O2S. The first-order valence-electron chi connectivity index (χ1n) is 5.13. The number of amides is 1. The van der Waals surface area contributed by atoms with Crippen molar-refractivity contribution in [3.05, 3.63) is 22.7 Å². The summed E-state index contributed by atoms with van der Waals surface area (Å²) in [4.78, 5) is 13.7. The molecule has 1 aromatic rings. The van der Waals surface area contributed by atoms with Gasteiger partial charge in [0.1, 0.15) is 5.75 Å². The lowest BCUT2D eigenvalue weighted by Crippen LogP contribution is -2.30. The zero-order chi connectivity index (χ0) is 13.0. The second-order valence-corrected chi connectivity index (χ2v) is 5.92. The van der Waals surface area contributed by atoms with Crippen molar-refractivity contribution >= 4 is 38.3 Å². The zero-order valence-corrected chi connectivity index (χ0v) is 12.2. The molecule has 0 radical (unpaired) electrons. The highest BCUT2D eigenvalue weighted by Crippen LogP contribution is 2.21. The fourth-order valence-electron chi connectivity index (χ4n) is 1.20. The summed E-state index contributed by atoms with van der Waals surface area (Å²) >= 11 is 3.28. The topological polar surface area (TPSA) is 63.4 Å². The predicted molar refractivity (Wildman–Crippen MR) is 73.1 cm³/mol. The first-order valence-corrected chi connectivity index (χ1v) is 7.24. The van der Waals surface area contributed by atoms with Crippen LogP contribution in [0.1, 0.15) is 6.92 Å². The Morgan fingerprint density at radius 2 is 2.18 bits per heavy atom. The van der Waals surface area contributed by atoms with Crippen LogP contribution in [-0.2, 0) is 15.6 Å². The lowest BCUT2D eigenvalue weighted by Gasteiger charge is -2.14. The third kappa shape index (κ3) is 3.81. The van der Waals surface area contributed by atoms with Gasteiger partial charge in [0.25, 0.3) is 0 Å². The van der Waals surface area contributed by atoms with Gasteiger partial charge in [-0.2, -0.15) is 0 Å². The predicted octanol–water partition coefficient (Wildman–Crippen LogP) is 1.62. The Morgan fingerprint density at radius 1 is 1.53 bits per heavy atom. The molecule has 0 aliphatic rings. The summed E-state index contributed by atoms with van der Waals surface area (Å²) in [5, 5.41) is 0. The summed E-state index contributed by atoms with van der Waals surface area (Å²) in [6.45, 7) is 2.47. The van der Waals surface area contributed by atoms with Gasteiger partial charge in [0.15, 0.2) is 0 Å². The average Bonchev–Trinajstić information content (AvgIpc) is 2.27. The number of carbonyl (C=O) groups is 1. The minimum absolute atomic E-state index is 0.0316. The fourth-order valence-corrected chi connectivity index (χ4v) is 2.72. The monoisotopic (exact) mass is 318 g/mol. The number of rotatable bonds is 4. The summed E-state index contributed by atoms with van der Waals surface area (Å²) in [5.74, 6) is -0.177. The van der Waals surface area contributed by atoms with Crippen LogP contribution in [0.15, 0.2) is 27.6 Å². The highest BCUT2D eigenvalue weighted by molar-refractivity contribution is 9.10. The zero-order valence-electron chi connectivity index (χ0n) is 9.77. The van der Waals surface area contributed by atoms with Gasteiger partial charge in [-0.05, 0) is 25.1 Å². The molecule has 1 rings (SSSR count). The molecular weight excluding hydrogens is 304 g/mol. The Hall–Kier alpha value is -0.880. The third-order valence-corrected chi connectivity index (χ3v) is 4.24. The van der Waals surface area contributed by atoms with Crippen LogP contribution in [0.3, 0.4) is 0 Å². The Balaban J connectivity index is 2.80. The van der Waals surface area contributed by atoms with E-state index in [4.69, 9.17) is 5.73 Å². The van der Waals surface area contributed by atoms with E-state index < -0.39 is 10.8 Å². The van der Waals surface area contributed by atoms with Crippen molar-refractivity contribution in [2.24, 2.45) is 0 Å². The molecule has 1 atom stereocenters. The van der Waals surface area contributed by atoms with E-state index in [1.165, 1.54) is 4.90 Å². The molecule has 4 nitrogen and oxygen atoms in total. The molecule has 0 bridgehead atoms. The maximum atomic E-state index is 12.0. The standard InChI is InChI=1S/C11H15BrN2O2S/c1-3-14(2)11(15)7-17(16)10-5-4-8(12)6-9(10)13/h4-6H,3,7,13H2,1-2H3. The number of nitrogens with two attached hydrogens (primary N) is 1. The van der Waals surface area contributed by atoms with E-state index in [1.54, 1.807) is 25.2 Å². The molecule has 0 saturated heterocycles. The van der Waals surface area contributed by atoms with Crippen molar-refractivity contribution in [2.75, 3.05) is 25.1 Å². The number of halogens is 1. The Morgan fingerprint density at radius 3 is 2.71 bits per heavy atom. The van der Waals surface area contributed by atoms with Gasteiger partial charge >= 0.3 is 0 Å². The lowest BCUT2D eigenvalue weighted by atomic mass is 10.3. The van der Waals surface area contributed by atoms with Gasteiger partial charge < -0.3 is 10.6 Å². The summed E-state index contributed by atoms with van der Waals surface area (Å²) in [7, 11) is 0.292. The maximum Gasteiger partial charge on any atom is 0.235 e. The van der Waals surface area contributed by atoms with Crippen LogP contribution >= 0.6 is 15.9 Å². The van der Waals surface area contributed by atoms with Crippen LogP contribution in [0.5, 0.6) is 0 Å². The third-order valence-electron chi connectivity index (χ3n) is 2.37. The molecule has 1 unspecified atom stereocenters. The molecule has 94 valence electrons. The van der Waals surface area contributed by atoms with E-state index in [1.807, 2.05) is 6.92 Å². The quantitative estimate of drug-likeness (QED) is 0.858. The Kier molecular flexibility index (Phi) is 5.14. The molecule has 0 aliphatic carbocycles. The van der Waals surface area contributed by atoms with Crippen molar-refractivity contribution in [3.63, 3.8) is 0 Å². The van der Waals surface area contributed by atoms with Gasteiger partial charge in [-0.25, -0.2) is 0 Å². The Bertz CT molecular complexity index is 451. The average molecular weight is 319 g/mol. The molecule has 2 N–H and O–H groups in total. The molecule has 17 heavy (non-hydrogen) atoms. The van der Waals surface area contributed by atoms with Crippen LogP contribution in [0.25, 0.3) is 0 Å². The number of nitrogens with zero attached hydrogens (tertiary/aromatic N) is 1. The van der Waals surface area contributed by atoms with E-state index in [0.29, 0.717) is 17.1 Å². The number of nitrogen functional groups attached to an aromatic ring is 1. The van der Waals surface area contributed by atoms with Crippen LogP contribution in [0.4, 0.5) is 5.69 Å². The van der Waals surface area contributed by atoms with E-state index in [0.717, 1.165) is 4.47 Å². The molecule has 0 aromatic heterocycles. The molecule has 6 heteroatoms. The van der Waals surface area contributed by atoms with Gasteiger partial charge in [-0.3, -0.25) is 9.00 Å². The number of hydrogen-bond donors (Lipinski definition) is 1. The molecule has 1 amide bonds. The van der Waals surface area contributed by atoms with Crippen molar-refractivity contribution < 1.29 is 9.00 Å². The van der Waals surface area contributed by atoms with Gasteiger partial charge in [-0.15, -0.1) is 0 Å². The van der Waals surface area contributed by atoms with Gasteiger partial charge in [0.05, 0.1) is 15.7 Å². The second kappa shape index (κ2) is 6.16. The number of benzene rings is 1.